The van der Waals surface area contributed by atoms with Crippen molar-refractivity contribution in [3.8, 4) is 5.75 Å². The van der Waals surface area contributed by atoms with Gasteiger partial charge in [-0.2, -0.15) is 0 Å². The minimum absolute atomic E-state index is 0.0890. The van der Waals surface area contributed by atoms with Crippen molar-refractivity contribution in [3.63, 3.8) is 0 Å². The number of nitrogens with one attached hydrogen (secondary N) is 1. The average molecular weight is 325 g/mol. The monoisotopic (exact) mass is 324 g/mol. The van der Waals surface area contributed by atoms with Crippen LogP contribution in [-0.4, -0.2) is 18.6 Å². The Labute approximate surface area is 135 Å². The number of hydrogen-bond donors (Lipinski definition) is 1. The Balaban J connectivity index is 2.35. The van der Waals surface area contributed by atoms with Crippen LogP contribution in [-0.2, 0) is 0 Å². The molecule has 1 aromatic carbocycles. The number of rotatable bonds is 6. The molecule has 0 amide bonds. The molecule has 0 aliphatic heterocycles. The van der Waals surface area contributed by atoms with Crippen LogP contribution in [0.15, 0.2) is 36.7 Å². The Morgan fingerprint density at radius 1 is 1.29 bits per heavy atom. The van der Waals surface area contributed by atoms with Gasteiger partial charge < -0.3 is 10.1 Å². The van der Waals surface area contributed by atoms with Crippen LogP contribution in [0.2, 0.25) is 10.0 Å². The maximum absolute atomic E-state index is 6.32. The summed E-state index contributed by atoms with van der Waals surface area (Å²) in [7, 11) is 1.88. The Morgan fingerprint density at radius 2 is 2.10 bits per heavy atom. The van der Waals surface area contributed by atoms with Gasteiger partial charge in [-0.15, -0.1) is 0 Å². The first-order valence-electron chi connectivity index (χ1n) is 6.86. The zero-order valence-electron chi connectivity index (χ0n) is 12.1. The van der Waals surface area contributed by atoms with Gasteiger partial charge in [-0.3, -0.25) is 4.98 Å². The number of halogens is 2. The van der Waals surface area contributed by atoms with Crippen LogP contribution in [0.4, 0.5) is 0 Å². The fourth-order valence-electron chi connectivity index (χ4n) is 2.14. The summed E-state index contributed by atoms with van der Waals surface area (Å²) in [5.41, 5.74) is 1.90. The number of ether oxygens (including phenoxy) is 1. The highest BCUT2D eigenvalue weighted by Gasteiger charge is 2.17. The highest BCUT2D eigenvalue weighted by atomic mass is 35.5. The van der Waals surface area contributed by atoms with E-state index in [1.165, 1.54) is 0 Å². The van der Waals surface area contributed by atoms with E-state index in [0.29, 0.717) is 16.7 Å². The third kappa shape index (κ3) is 3.88. The summed E-state index contributed by atoms with van der Waals surface area (Å²) in [5, 5.41) is 4.34. The molecule has 0 radical (unpaired) electrons. The number of pyridine rings is 1. The molecule has 21 heavy (non-hydrogen) atoms. The van der Waals surface area contributed by atoms with Crippen LogP contribution in [0.5, 0.6) is 5.75 Å². The summed E-state index contributed by atoms with van der Waals surface area (Å²) in [6.07, 6.45) is 4.47. The highest BCUT2D eigenvalue weighted by molar-refractivity contribution is 6.42. The van der Waals surface area contributed by atoms with E-state index >= 15 is 0 Å². The van der Waals surface area contributed by atoms with E-state index in [0.717, 1.165) is 23.3 Å². The molecule has 5 heteroatoms. The van der Waals surface area contributed by atoms with Crippen molar-refractivity contribution in [3.05, 3.63) is 57.8 Å². The average Bonchev–Trinajstić information content (AvgIpc) is 2.50. The molecule has 0 aliphatic carbocycles. The minimum Gasteiger partial charge on any atom is -0.492 e. The van der Waals surface area contributed by atoms with E-state index in [1.807, 2.05) is 25.2 Å². The molecule has 0 aliphatic rings. The lowest BCUT2D eigenvalue weighted by Gasteiger charge is -2.19. The second-order valence-electron chi connectivity index (χ2n) is 4.67. The molecule has 0 saturated carbocycles. The first-order valence-corrected chi connectivity index (χ1v) is 7.61. The Morgan fingerprint density at radius 3 is 2.81 bits per heavy atom. The summed E-state index contributed by atoms with van der Waals surface area (Å²) in [5.74, 6) is 0.757. The lowest BCUT2D eigenvalue weighted by molar-refractivity contribution is 0.315. The molecule has 112 valence electrons. The van der Waals surface area contributed by atoms with Crippen LogP contribution in [0.3, 0.4) is 0 Å². The van der Waals surface area contributed by atoms with Gasteiger partial charge >= 0.3 is 0 Å². The molecule has 0 spiro atoms. The molecule has 0 bridgehead atoms. The van der Waals surface area contributed by atoms with Crippen LogP contribution in [0.25, 0.3) is 0 Å². The van der Waals surface area contributed by atoms with E-state index in [2.05, 4.69) is 17.2 Å². The molecule has 1 unspecified atom stereocenters. The molecule has 1 atom stereocenters. The van der Waals surface area contributed by atoms with Gasteiger partial charge in [0, 0.05) is 6.20 Å². The van der Waals surface area contributed by atoms with Crippen LogP contribution >= 0.6 is 23.2 Å². The smallest absolute Gasteiger partial charge is 0.137 e. The minimum atomic E-state index is -0.0890. The van der Waals surface area contributed by atoms with Crippen LogP contribution in [0, 0.1) is 0 Å². The maximum Gasteiger partial charge on any atom is 0.137 e. The number of benzene rings is 1. The lowest BCUT2D eigenvalue weighted by Crippen LogP contribution is -2.18. The summed E-state index contributed by atoms with van der Waals surface area (Å²) >= 11 is 12.4. The maximum atomic E-state index is 6.32. The normalized spacial score (nSPS) is 12.2. The molecular weight excluding hydrogens is 307 g/mol. The van der Waals surface area contributed by atoms with Crippen molar-refractivity contribution in [2.75, 3.05) is 13.7 Å². The standard InChI is InChI=1S/C16H18Cl2N2O/c1-3-7-21-12-8-11(9-20-10-12)16(19-2)13-5-4-6-14(17)15(13)18/h4-6,8-10,16,19H,3,7H2,1-2H3. The van der Waals surface area contributed by atoms with E-state index in [-0.39, 0.29) is 6.04 Å². The van der Waals surface area contributed by atoms with Gasteiger partial charge in [0.15, 0.2) is 0 Å². The van der Waals surface area contributed by atoms with Crippen molar-refractivity contribution in [1.29, 1.82) is 0 Å². The SMILES string of the molecule is CCCOc1cncc(C(NC)c2cccc(Cl)c2Cl)c1. The molecule has 0 saturated heterocycles. The third-order valence-electron chi connectivity index (χ3n) is 3.12. The first-order chi connectivity index (χ1) is 10.2. The fourth-order valence-corrected chi connectivity index (χ4v) is 2.55. The summed E-state index contributed by atoms with van der Waals surface area (Å²) < 4.78 is 5.63. The van der Waals surface area contributed by atoms with E-state index in [1.54, 1.807) is 18.5 Å². The Bertz CT molecular complexity index is 605. The molecular formula is C16H18Cl2N2O. The lowest BCUT2D eigenvalue weighted by atomic mass is 10.00. The molecule has 2 rings (SSSR count). The van der Waals surface area contributed by atoms with Gasteiger partial charge in [0.05, 0.1) is 28.9 Å². The second-order valence-corrected chi connectivity index (χ2v) is 5.45. The van der Waals surface area contributed by atoms with E-state index in [4.69, 9.17) is 27.9 Å². The second kappa shape index (κ2) is 7.64. The highest BCUT2D eigenvalue weighted by Crippen LogP contribution is 2.33. The molecule has 0 fully saturated rings. The van der Waals surface area contributed by atoms with E-state index < -0.39 is 0 Å². The van der Waals surface area contributed by atoms with E-state index in [9.17, 15) is 0 Å². The molecule has 1 aromatic heterocycles. The predicted octanol–water partition coefficient (Wildman–Crippen LogP) is 4.49. The topological polar surface area (TPSA) is 34.1 Å². The van der Waals surface area contributed by atoms with Crippen molar-refractivity contribution < 1.29 is 4.74 Å². The third-order valence-corrected chi connectivity index (χ3v) is 3.96. The quantitative estimate of drug-likeness (QED) is 0.850. The van der Waals surface area contributed by atoms with Crippen LogP contribution in [0.1, 0.15) is 30.5 Å². The van der Waals surface area contributed by atoms with Gasteiger partial charge in [-0.05, 0) is 36.7 Å². The van der Waals surface area contributed by atoms with Crippen molar-refractivity contribution in [1.82, 2.24) is 10.3 Å². The number of nitrogens with zero attached hydrogens (tertiary/aromatic N) is 1. The largest absolute Gasteiger partial charge is 0.492 e. The Hall–Kier alpha value is -1.29. The fraction of sp³-hybridized carbons (Fsp3) is 0.312. The summed E-state index contributed by atoms with van der Waals surface area (Å²) in [4.78, 5) is 4.24. The number of hydrogen-bond acceptors (Lipinski definition) is 3. The van der Waals surface area contributed by atoms with Crippen molar-refractivity contribution in [2.24, 2.45) is 0 Å². The van der Waals surface area contributed by atoms with Crippen molar-refractivity contribution >= 4 is 23.2 Å². The van der Waals surface area contributed by atoms with Gasteiger partial charge in [0.25, 0.3) is 0 Å². The zero-order chi connectivity index (χ0) is 15.2. The van der Waals surface area contributed by atoms with Gasteiger partial charge in [0.2, 0.25) is 0 Å². The Kier molecular flexibility index (Phi) is 5.85. The predicted molar refractivity (Wildman–Crippen MR) is 87.4 cm³/mol. The zero-order valence-corrected chi connectivity index (χ0v) is 13.6. The van der Waals surface area contributed by atoms with Gasteiger partial charge in [0.1, 0.15) is 5.75 Å². The van der Waals surface area contributed by atoms with Gasteiger partial charge in [-0.25, -0.2) is 0 Å². The van der Waals surface area contributed by atoms with Gasteiger partial charge in [-0.1, -0.05) is 42.3 Å². The molecule has 3 nitrogen and oxygen atoms in total. The number of aromatic nitrogens is 1. The summed E-state index contributed by atoms with van der Waals surface area (Å²) in [6.45, 7) is 2.74. The molecule has 1 N–H and O–H groups in total. The van der Waals surface area contributed by atoms with Crippen LogP contribution < -0.4 is 10.1 Å². The first kappa shape index (κ1) is 16.1. The molecule has 2 aromatic rings. The summed E-state index contributed by atoms with van der Waals surface area (Å²) in [6, 6.07) is 7.50. The van der Waals surface area contributed by atoms with Crippen molar-refractivity contribution in [2.45, 2.75) is 19.4 Å². The molecule has 1 heterocycles.